The Morgan fingerprint density at radius 2 is 2.29 bits per heavy atom. The lowest BCUT2D eigenvalue weighted by atomic mass is 10.1. The highest BCUT2D eigenvalue weighted by molar-refractivity contribution is 7.14. The van der Waals surface area contributed by atoms with E-state index in [0.717, 1.165) is 11.3 Å². The summed E-state index contributed by atoms with van der Waals surface area (Å²) in [7, 11) is 0. The number of amides is 1. The van der Waals surface area contributed by atoms with Crippen LogP contribution in [-0.4, -0.2) is 24.2 Å². The number of aliphatic hydroxyl groups is 1. The van der Waals surface area contributed by atoms with Gasteiger partial charge in [-0.3, -0.25) is 4.79 Å². The number of hydrogen-bond donors (Lipinski definition) is 2. The van der Waals surface area contributed by atoms with Gasteiger partial charge in [0.1, 0.15) is 6.61 Å². The van der Waals surface area contributed by atoms with Gasteiger partial charge in [-0.25, -0.2) is 0 Å². The van der Waals surface area contributed by atoms with Crippen LogP contribution in [0, 0.1) is 17.8 Å². The largest absolute Gasteiger partial charge is 0.384 e. The molecule has 1 aromatic rings. The molecule has 17 heavy (non-hydrogen) atoms. The number of rotatable bonds is 4. The predicted octanol–water partition coefficient (Wildman–Crippen LogP) is 1.87. The van der Waals surface area contributed by atoms with Crippen LogP contribution in [0.1, 0.15) is 34.8 Å². The molecule has 0 aliphatic rings. The molecule has 0 fully saturated rings. The van der Waals surface area contributed by atoms with Gasteiger partial charge >= 0.3 is 0 Å². The first-order valence-electron chi connectivity index (χ1n) is 5.61. The second-order valence-electron chi connectivity index (χ2n) is 4.06. The van der Waals surface area contributed by atoms with Crippen molar-refractivity contribution >= 4 is 17.2 Å². The van der Waals surface area contributed by atoms with Crippen molar-refractivity contribution in [2.45, 2.75) is 20.3 Å². The number of nitrogens with one attached hydrogen (secondary N) is 1. The van der Waals surface area contributed by atoms with Crippen molar-refractivity contribution in [3.8, 4) is 11.8 Å². The second-order valence-corrected chi connectivity index (χ2v) is 5.15. The molecule has 1 rings (SSSR count). The normalized spacial score (nSPS) is 9.88. The molecular formula is C13H17NO2S. The Balaban J connectivity index is 2.49. The second kappa shape index (κ2) is 7.10. The molecule has 1 amide bonds. The third-order valence-electron chi connectivity index (χ3n) is 2.13. The molecular weight excluding hydrogens is 234 g/mol. The molecule has 92 valence electrons. The van der Waals surface area contributed by atoms with E-state index in [1.165, 1.54) is 11.3 Å². The lowest BCUT2D eigenvalue weighted by Crippen LogP contribution is -2.24. The molecule has 0 unspecified atom stereocenters. The molecule has 0 atom stereocenters. The highest BCUT2D eigenvalue weighted by atomic mass is 32.1. The summed E-state index contributed by atoms with van der Waals surface area (Å²) in [5.74, 6) is 5.88. The van der Waals surface area contributed by atoms with Crippen molar-refractivity contribution in [1.29, 1.82) is 0 Å². The molecule has 3 nitrogen and oxygen atoms in total. The van der Waals surface area contributed by atoms with Gasteiger partial charge in [0, 0.05) is 6.54 Å². The topological polar surface area (TPSA) is 49.3 Å². The van der Waals surface area contributed by atoms with Crippen LogP contribution in [0.4, 0.5) is 0 Å². The van der Waals surface area contributed by atoms with E-state index >= 15 is 0 Å². The number of aliphatic hydroxyl groups excluding tert-OH is 1. The van der Waals surface area contributed by atoms with Gasteiger partial charge in [-0.1, -0.05) is 25.7 Å². The average molecular weight is 251 g/mol. The Bertz CT molecular complexity index is 426. The molecule has 4 heteroatoms. The average Bonchev–Trinajstić information content (AvgIpc) is 2.74. The lowest BCUT2D eigenvalue weighted by molar-refractivity contribution is 0.0956. The van der Waals surface area contributed by atoms with Crippen molar-refractivity contribution in [2.75, 3.05) is 13.2 Å². The maximum absolute atomic E-state index is 11.7. The fourth-order valence-electron chi connectivity index (χ4n) is 1.22. The Morgan fingerprint density at radius 3 is 2.94 bits per heavy atom. The Hall–Kier alpha value is -1.31. The van der Waals surface area contributed by atoms with Crippen LogP contribution in [0.2, 0.25) is 0 Å². The highest BCUT2D eigenvalue weighted by Gasteiger charge is 2.07. The Kier molecular flexibility index (Phi) is 5.75. The minimum Gasteiger partial charge on any atom is -0.384 e. The Morgan fingerprint density at radius 1 is 1.53 bits per heavy atom. The molecule has 0 aromatic carbocycles. The molecule has 0 aliphatic carbocycles. The van der Waals surface area contributed by atoms with Crippen molar-refractivity contribution in [3.63, 3.8) is 0 Å². The summed E-state index contributed by atoms with van der Waals surface area (Å²) in [6, 6.07) is 3.56. The molecule has 1 heterocycles. The first-order chi connectivity index (χ1) is 8.13. The van der Waals surface area contributed by atoms with Gasteiger partial charge < -0.3 is 10.4 Å². The van der Waals surface area contributed by atoms with Crippen molar-refractivity contribution in [2.24, 2.45) is 5.92 Å². The Labute approximate surface area is 106 Å². The fraction of sp³-hybridized carbons (Fsp3) is 0.462. The van der Waals surface area contributed by atoms with Crippen LogP contribution in [0.5, 0.6) is 0 Å². The number of carbonyl (C=O) groups is 1. The fourth-order valence-corrected chi connectivity index (χ4v) is 2.01. The zero-order valence-electron chi connectivity index (χ0n) is 10.1. The van der Waals surface area contributed by atoms with E-state index in [-0.39, 0.29) is 12.5 Å². The van der Waals surface area contributed by atoms with Gasteiger partial charge in [-0.05, 0) is 24.5 Å². The van der Waals surface area contributed by atoms with Gasteiger partial charge in [-0.15, -0.1) is 11.3 Å². The quantitative estimate of drug-likeness (QED) is 0.803. The standard InChI is InChI=1S/C13H17NO2S/c1-10(2)7-8-14-13(16)12-6-5-11(17-12)4-3-9-15/h5-6,10,15H,7-9H2,1-2H3,(H,14,16). The number of thiophene rings is 1. The van der Waals surface area contributed by atoms with E-state index in [1.807, 2.05) is 0 Å². The summed E-state index contributed by atoms with van der Waals surface area (Å²) in [5.41, 5.74) is 0. The van der Waals surface area contributed by atoms with E-state index < -0.39 is 0 Å². The first kappa shape index (κ1) is 13.8. The van der Waals surface area contributed by atoms with Crippen LogP contribution >= 0.6 is 11.3 Å². The summed E-state index contributed by atoms with van der Waals surface area (Å²) >= 11 is 1.34. The van der Waals surface area contributed by atoms with Gasteiger partial charge in [-0.2, -0.15) is 0 Å². The summed E-state index contributed by atoms with van der Waals surface area (Å²) in [6.45, 7) is 4.79. The minimum atomic E-state index is -0.159. The maximum Gasteiger partial charge on any atom is 0.261 e. The zero-order chi connectivity index (χ0) is 12.7. The summed E-state index contributed by atoms with van der Waals surface area (Å²) < 4.78 is 0. The van der Waals surface area contributed by atoms with E-state index in [0.29, 0.717) is 17.3 Å². The van der Waals surface area contributed by atoms with Crippen LogP contribution in [-0.2, 0) is 0 Å². The smallest absolute Gasteiger partial charge is 0.261 e. The molecule has 0 saturated carbocycles. The van der Waals surface area contributed by atoms with Crippen LogP contribution < -0.4 is 5.32 Å². The number of carbonyl (C=O) groups excluding carboxylic acids is 1. The lowest BCUT2D eigenvalue weighted by Gasteiger charge is -2.05. The van der Waals surface area contributed by atoms with Crippen LogP contribution in [0.15, 0.2) is 12.1 Å². The predicted molar refractivity (Wildman–Crippen MR) is 70.1 cm³/mol. The molecule has 0 saturated heterocycles. The SMILES string of the molecule is CC(C)CCNC(=O)c1ccc(C#CCO)s1. The molecule has 0 aliphatic heterocycles. The zero-order valence-corrected chi connectivity index (χ0v) is 10.9. The summed E-state index contributed by atoms with van der Waals surface area (Å²) in [6.07, 6.45) is 0.980. The first-order valence-corrected chi connectivity index (χ1v) is 6.43. The van der Waals surface area contributed by atoms with Crippen LogP contribution in [0.25, 0.3) is 0 Å². The minimum absolute atomic E-state index is 0.0484. The summed E-state index contributed by atoms with van der Waals surface area (Å²) in [5, 5.41) is 11.4. The van der Waals surface area contributed by atoms with E-state index in [4.69, 9.17) is 5.11 Å². The summed E-state index contributed by atoms with van der Waals surface area (Å²) in [4.78, 5) is 13.2. The molecule has 0 spiro atoms. The van der Waals surface area contributed by atoms with Gasteiger partial charge in [0.25, 0.3) is 5.91 Å². The molecule has 1 aromatic heterocycles. The maximum atomic E-state index is 11.7. The van der Waals surface area contributed by atoms with E-state index in [1.54, 1.807) is 12.1 Å². The molecule has 0 bridgehead atoms. The van der Waals surface area contributed by atoms with Crippen molar-refractivity contribution in [3.05, 3.63) is 21.9 Å². The third kappa shape index (κ3) is 5.03. The van der Waals surface area contributed by atoms with Crippen molar-refractivity contribution < 1.29 is 9.90 Å². The van der Waals surface area contributed by atoms with Gasteiger partial charge in [0.2, 0.25) is 0 Å². The monoisotopic (exact) mass is 251 g/mol. The van der Waals surface area contributed by atoms with E-state index in [2.05, 4.69) is 31.0 Å². The van der Waals surface area contributed by atoms with E-state index in [9.17, 15) is 4.79 Å². The van der Waals surface area contributed by atoms with Gasteiger partial charge in [0.15, 0.2) is 0 Å². The number of hydrogen-bond acceptors (Lipinski definition) is 3. The van der Waals surface area contributed by atoms with Crippen LogP contribution in [0.3, 0.4) is 0 Å². The van der Waals surface area contributed by atoms with Gasteiger partial charge in [0.05, 0.1) is 9.75 Å². The highest BCUT2D eigenvalue weighted by Crippen LogP contribution is 2.15. The molecule has 0 radical (unpaired) electrons. The van der Waals surface area contributed by atoms with Crippen molar-refractivity contribution in [1.82, 2.24) is 5.32 Å². The molecule has 2 N–H and O–H groups in total. The third-order valence-corrected chi connectivity index (χ3v) is 3.13.